The average molecular weight is 364 g/mol. The van der Waals surface area contributed by atoms with E-state index in [-0.39, 0.29) is 5.91 Å². The fraction of sp³-hybridized carbons (Fsp3) is 0.391. The molecule has 1 amide bonds. The Balaban J connectivity index is 2.10. The normalized spacial score (nSPS) is 10.4. The Morgan fingerprint density at radius 3 is 2.52 bits per heavy atom. The quantitative estimate of drug-likeness (QED) is 0.570. The molecular formula is C23H28N2O2. The Morgan fingerprint density at radius 2 is 1.85 bits per heavy atom. The third-order valence-electron chi connectivity index (χ3n) is 4.56. The first-order valence-electron chi connectivity index (χ1n) is 9.54. The number of methoxy groups -OCH3 is 1. The van der Waals surface area contributed by atoms with Crippen LogP contribution in [0.5, 0.6) is 0 Å². The van der Waals surface area contributed by atoms with Gasteiger partial charge < -0.3 is 9.64 Å². The Bertz CT molecular complexity index is 763. The van der Waals surface area contributed by atoms with E-state index in [9.17, 15) is 10.1 Å². The van der Waals surface area contributed by atoms with Crippen molar-refractivity contribution in [3.8, 4) is 17.2 Å². The van der Waals surface area contributed by atoms with Crippen LogP contribution in [0.4, 0.5) is 0 Å². The summed E-state index contributed by atoms with van der Waals surface area (Å²) >= 11 is 0. The molecule has 2 aromatic carbocycles. The lowest BCUT2D eigenvalue weighted by Gasteiger charge is -2.23. The van der Waals surface area contributed by atoms with Crippen LogP contribution >= 0.6 is 0 Å². The van der Waals surface area contributed by atoms with Gasteiger partial charge in [0.1, 0.15) is 0 Å². The van der Waals surface area contributed by atoms with Gasteiger partial charge in [-0.25, -0.2) is 0 Å². The molecule has 0 bridgehead atoms. The molecule has 0 aliphatic carbocycles. The Morgan fingerprint density at radius 1 is 1.11 bits per heavy atom. The van der Waals surface area contributed by atoms with E-state index in [1.165, 1.54) is 0 Å². The number of unbranched alkanes of at least 4 members (excludes halogenated alkanes) is 1. The highest BCUT2D eigenvalue weighted by Gasteiger charge is 2.13. The van der Waals surface area contributed by atoms with E-state index in [1.807, 2.05) is 53.4 Å². The number of benzene rings is 2. The lowest BCUT2D eigenvalue weighted by Crippen LogP contribution is -2.31. The van der Waals surface area contributed by atoms with E-state index in [2.05, 4.69) is 13.0 Å². The highest BCUT2D eigenvalue weighted by atomic mass is 16.5. The maximum atomic E-state index is 12.5. The molecule has 0 unspecified atom stereocenters. The van der Waals surface area contributed by atoms with Crippen molar-refractivity contribution >= 4 is 5.91 Å². The Kier molecular flexibility index (Phi) is 8.54. The number of nitriles is 1. The zero-order chi connectivity index (χ0) is 19.5. The summed E-state index contributed by atoms with van der Waals surface area (Å²) in [5.74, 6) is 0.201. The zero-order valence-corrected chi connectivity index (χ0v) is 16.3. The number of rotatable bonds is 10. The minimum Gasteiger partial charge on any atom is -0.385 e. The van der Waals surface area contributed by atoms with Crippen LogP contribution in [0.3, 0.4) is 0 Å². The number of amides is 1. The second-order valence-electron chi connectivity index (χ2n) is 6.62. The van der Waals surface area contributed by atoms with E-state index < -0.39 is 0 Å². The standard InChI is InChI=1S/C23H28N2O2/c1-3-4-10-23(26)25(15-7-16-27-2)18-19-11-13-20(14-12-19)22-9-6-5-8-21(22)17-24/h5-6,8-9,11-14H,3-4,7,10,15-16,18H2,1-2H3. The summed E-state index contributed by atoms with van der Waals surface area (Å²) in [4.78, 5) is 14.4. The minimum atomic E-state index is 0.201. The van der Waals surface area contributed by atoms with E-state index in [0.29, 0.717) is 31.7 Å². The van der Waals surface area contributed by atoms with E-state index in [4.69, 9.17) is 4.74 Å². The fourth-order valence-corrected chi connectivity index (χ4v) is 3.02. The van der Waals surface area contributed by atoms with Crippen LogP contribution in [-0.2, 0) is 16.1 Å². The predicted octanol–water partition coefficient (Wildman–Crippen LogP) is 4.78. The van der Waals surface area contributed by atoms with Gasteiger partial charge in [-0.15, -0.1) is 0 Å². The number of nitrogens with zero attached hydrogens (tertiary/aromatic N) is 2. The van der Waals surface area contributed by atoms with Crippen molar-refractivity contribution in [2.24, 2.45) is 0 Å². The average Bonchev–Trinajstić information content (AvgIpc) is 2.72. The topological polar surface area (TPSA) is 53.3 Å². The molecule has 0 saturated carbocycles. The molecular weight excluding hydrogens is 336 g/mol. The molecule has 2 rings (SSSR count). The molecule has 2 aromatic rings. The molecule has 0 aliphatic rings. The van der Waals surface area contributed by atoms with Crippen molar-refractivity contribution in [2.45, 2.75) is 39.2 Å². The smallest absolute Gasteiger partial charge is 0.222 e. The fourth-order valence-electron chi connectivity index (χ4n) is 3.02. The van der Waals surface area contributed by atoms with Crippen molar-refractivity contribution in [1.82, 2.24) is 4.90 Å². The van der Waals surface area contributed by atoms with Crippen molar-refractivity contribution in [3.63, 3.8) is 0 Å². The third kappa shape index (κ3) is 6.23. The van der Waals surface area contributed by atoms with Gasteiger partial charge in [-0.1, -0.05) is 55.8 Å². The van der Waals surface area contributed by atoms with Gasteiger partial charge in [-0.2, -0.15) is 5.26 Å². The second-order valence-corrected chi connectivity index (χ2v) is 6.62. The van der Waals surface area contributed by atoms with Gasteiger partial charge in [0.15, 0.2) is 0 Å². The van der Waals surface area contributed by atoms with E-state index in [1.54, 1.807) is 7.11 Å². The summed E-state index contributed by atoms with van der Waals surface area (Å²) in [5.41, 5.74) is 3.71. The van der Waals surface area contributed by atoms with Crippen LogP contribution in [0.1, 0.15) is 43.7 Å². The molecule has 4 nitrogen and oxygen atoms in total. The van der Waals surface area contributed by atoms with Crippen LogP contribution < -0.4 is 0 Å². The monoisotopic (exact) mass is 364 g/mol. The van der Waals surface area contributed by atoms with Gasteiger partial charge in [-0.3, -0.25) is 4.79 Å². The van der Waals surface area contributed by atoms with Crippen LogP contribution in [0.2, 0.25) is 0 Å². The number of ether oxygens (including phenoxy) is 1. The first-order valence-corrected chi connectivity index (χ1v) is 9.54. The number of hydrogen-bond acceptors (Lipinski definition) is 3. The van der Waals surface area contributed by atoms with Crippen molar-refractivity contribution in [1.29, 1.82) is 5.26 Å². The molecule has 27 heavy (non-hydrogen) atoms. The molecule has 0 fully saturated rings. The van der Waals surface area contributed by atoms with Crippen molar-refractivity contribution in [2.75, 3.05) is 20.3 Å². The molecule has 142 valence electrons. The summed E-state index contributed by atoms with van der Waals surface area (Å²) < 4.78 is 5.13. The molecule has 0 radical (unpaired) electrons. The highest BCUT2D eigenvalue weighted by molar-refractivity contribution is 5.76. The summed E-state index contributed by atoms with van der Waals surface area (Å²) in [5, 5.41) is 9.28. The molecule has 0 heterocycles. The lowest BCUT2D eigenvalue weighted by atomic mass is 9.99. The molecule has 0 aliphatic heterocycles. The van der Waals surface area contributed by atoms with Gasteiger partial charge in [0.2, 0.25) is 5.91 Å². The molecule has 0 atom stereocenters. The minimum absolute atomic E-state index is 0.201. The number of carbonyl (C=O) groups excluding carboxylic acids is 1. The van der Waals surface area contributed by atoms with Gasteiger partial charge >= 0.3 is 0 Å². The highest BCUT2D eigenvalue weighted by Crippen LogP contribution is 2.24. The SMILES string of the molecule is CCCCC(=O)N(CCCOC)Cc1ccc(-c2ccccc2C#N)cc1. The summed E-state index contributed by atoms with van der Waals surface area (Å²) in [7, 11) is 1.68. The molecule has 0 N–H and O–H groups in total. The predicted molar refractivity (Wildman–Crippen MR) is 108 cm³/mol. The third-order valence-corrected chi connectivity index (χ3v) is 4.56. The van der Waals surface area contributed by atoms with Gasteiger partial charge in [0.25, 0.3) is 0 Å². The van der Waals surface area contributed by atoms with Crippen molar-refractivity contribution < 1.29 is 9.53 Å². The van der Waals surface area contributed by atoms with Gasteiger partial charge in [0, 0.05) is 33.2 Å². The lowest BCUT2D eigenvalue weighted by molar-refractivity contribution is -0.132. The second kappa shape index (κ2) is 11.2. The first kappa shape index (κ1) is 20.7. The van der Waals surface area contributed by atoms with Gasteiger partial charge in [-0.05, 0) is 35.6 Å². The van der Waals surface area contributed by atoms with E-state index >= 15 is 0 Å². The molecule has 0 saturated heterocycles. The number of hydrogen-bond donors (Lipinski definition) is 0. The van der Waals surface area contributed by atoms with Crippen LogP contribution in [0.25, 0.3) is 11.1 Å². The number of carbonyl (C=O) groups is 1. The largest absolute Gasteiger partial charge is 0.385 e. The first-order chi connectivity index (χ1) is 13.2. The van der Waals surface area contributed by atoms with E-state index in [0.717, 1.165) is 36.0 Å². The molecule has 0 aromatic heterocycles. The Labute approximate surface area is 162 Å². The van der Waals surface area contributed by atoms with Crippen LogP contribution in [-0.4, -0.2) is 31.1 Å². The Hall–Kier alpha value is -2.64. The molecule has 4 heteroatoms. The summed E-state index contributed by atoms with van der Waals surface area (Å²) in [6.45, 7) is 4.06. The summed E-state index contributed by atoms with van der Waals surface area (Å²) in [6.07, 6.45) is 3.37. The van der Waals surface area contributed by atoms with Crippen molar-refractivity contribution in [3.05, 3.63) is 59.7 Å². The van der Waals surface area contributed by atoms with Gasteiger partial charge in [0.05, 0.1) is 11.6 Å². The summed E-state index contributed by atoms with van der Waals surface area (Å²) in [6, 6.07) is 18.0. The zero-order valence-electron chi connectivity index (χ0n) is 16.3. The maximum absolute atomic E-state index is 12.5. The van der Waals surface area contributed by atoms with Crippen LogP contribution in [0, 0.1) is 11.3 Å². The maximum Gasteiger partial charge on any atom is 0.222 e. The van der Waals surface area contributed by atoms with Crippen LogP contribution in [0.15, 0.2) is 48.5 Å². The molecule has 0 spiro atoms.